The molecule has 31 heavy (non-hydrogen) atoms. The summed E-state index contributed by atoms with van der Waals surface area (Å²) in [5, 5.41) is 0. The topological polar surface area (TPSA) is 45.7 Å². The number of likely N-dealkylation sites (tertiary alicyclic amines) is 1. The lowest BCUT2D eigenvalue weighted by molar-refractivity contribution is -0.138. The van der Waals surface area contributed by atoms with Crippen molar-refractivity contribution < 1.29 is 18.3 Å². The van der Waals surface area contributed by atoms with Crippen LogP contribution in [0.25, 0.3) is 0 Å². The van der Waals surface area contributed by atoms with Gasteiger partial charge in [-0.2, -0.15) is 0 Å². The average Bonchev–Trinajstić information content (AvgIpc) is 3.06. The smallest absolute Gasteiger partial charge is 0.280 e. The van der Waals surface area contributed by atoms with Crippen LogP contribution in [0.5, 0.6) is 5.75 Å². The van der Waals surface area contributed by atoms with Gasteiger partial charge >= 0.3 is 0 Å². The summed E-state index contributed by atoms with van der Waals surface area (Å²) in [5.41, 5.74) is 1.54. The van der Waals surface area contributed by atoms with Gasteiger partial charge in [0.05, 0.1) is 11.9 Å². The number of aryl methyl sites for hydroxylation is 1. The number of amides is 1. The molecule has 2 aliphatic rings. The van der Waals surface area contributed by atoms with E-state index in [1.165, 1.54) is 12.3 Å². The van der Waals surface area contributed by atoms with Crippen molar-refractivity contribution in [1.29, 1.82) is 0 Å². The Morgan fingerprint density at radius 2 is 1.87 bits per heavy atom. The number of anilines is 1. The zero-order chi connectivity index (χ0) is 21.8. The maximum atomic E-state index is 13.1. The van der Waals surface area contributed by atoms with Crippen LogP contribution < -0.4 is 9.64 Å². The predicted molar refractivity (Wildman–Crippen MR) is 116 cm³/mol. The van der Waals surface area contributed by atoms with E-state index in [0.717, 1.165) is 68.7 Å². The fourth-order valence-electron chi connectivity index (χ4n) is 4.93. The first-order valence-electron chi connectivity index (χ1n) is 11.0. The number of hydrogen-bond acceptors (Lipinski definition) is 4. The molecule has 2 fully saturated rings. The van der Waals surface area contributed by atoms with Crippen molar-refractivity contribution in [3.05, 3.63) is 53.9 Å². The van der Waals surface area contributed by atoms with E-state index in [1.54, 1.807) is 6.07 Å². The molecule has 1 atom stereocenters. The molecule has 4 rings (SSSR count). The summed E-state index contributed by atoms with van der Waals surface area (Å²) in [5.74, 6) is 0.785. The maximum absolute atomic E-state index is 13.1. The first-order valence-corrected chi connectivity index (χ1v) is 11.0. The summed E-state index contributed by atoms with van der Waals surface area (Å²) in [6.07, 6.45) is 3.73. The Labute approximate surface area is 182 Å². The lowest BCUT2D eigenvalue weighted by atomic mass is 9.87. The highest BCUT2D eigenvalue weighted by Gasteiger charge is 2.44. The van der Waals surface area contributed by atoms with Crippen LogP contribution in [0.3, 0.4) is 0 Å². The summed E-state index contributed by atoms with van der Waals surface area (Å²) in [6.45, 7) is 4.40. The van der Waals surface area contributed by atoms with Crippen LogP contribution in [0.2, 0.25) is 0 Å². The first-order chi connectivity index (χ1) is 15.0. The van der Waals surface area contributed by atoms with Gasteiger partial charge in [-0.05, 0) is 62.8 Å². The lowest BCUT2D eigenvalue weighted by Crippen LogP contribution is -2.49. The molecule has 2 aromatic rings. The average molecular weight is 430 g/mol. The van der Waals surface area contributed by atoms with Crippen molar-refractivity contribution >= 4 is 11.6 Å². The number of benzene rings is 1. The monoisotopic (exact) mass is 429 g/mol. The summed E-state index contributed by atoms with van der Waals surface area (Å²) in [6, 6.07) is 10.8. The Bertz CT molecular complexity index is 906. The van der Waals surface area contributed by atoms with Gasteiger partial charge in [-0.3, -0.25) is 9.78 Å². The molecule has 2 aliphatic heterocycles. The summed E-state index contributed by atoms with van der Waals surface area (Å²) in [7, 11) is 0. The highest BCUT2D eigenvalue weighted by molar-refractivity contribution is 5.79. The van der Waals surface area contributed by atoms with Crippen molar-refractivity contribution in [3.8, 4) is 5.75 Å². The number of alkyl halides is 2. The van der Waals surface area contributed by atoms with Gasteiger partial charge < -0.3 is 14.5 Å². The third-order valence-corrected chi connectivity index (χ3v) is 6.62. The summed E-state index contributed by atoms with van der Waals surface area (Å²) < 4.78 is 31.4. The molecule has 0 radical (unpaired) electrons. The van der Waals surface area contributed by atoms with Crippen LogP contribution in [0.15, 0.2) is 42.6 Å². The highest BCUT2D eigenvalue weighted by atomic mass is 19.3. The van der Waals surface area contributed by atoms with E-state index in [-0.39, 0.29) is 23.7 Å². The number of carbonyl (C=O) groups is 1. The van der Waals surface area contributed by atoms with E-state index in [0.29, 0.717) is 0 Å². The van der Waals surface area contributed by atoms with Gasteiger partial charge in [0.2, 0.25) is 0 Å². The number of aromatic nitrogens is 1. The van der Waals surface area contributed by atoms with Crippen LogP contribution in [0.4, 0.5) is 14.5 Å². The molecule has 1 aromatic heterocycles. The number of hydrogen-bond donors (Lipinski definition) is 0. The van der Waals surface area contributed by atoms with Gasteiger partial charge in [-0.25, -0.2) is 8.78 Å². The molecule has 166 valence electrons. The number of nitrogens with zero attached hydrogens (tertiary/aromatic N) is 3. The second kappa shape index (κ2) is 9.20. The van der Waals surface area contributed by atoms with Crippen LogP contribution >= 0.6 is 0 Å². The Balaban J connectivity index is 1.41. The highest BCUT2D eigenvalue weighted by Crippen LogP contribution is 2.39. The Kier molecular flexibility index (Phi) is 6.39. The minimum absolute atomic E-state index is 0.0390. The first kappa shape index (κ1) is 21.5. The predicted octanol–water partition coefficient (Wildman–Crippen LogP) is 4.76. The van der Waals surface area contributed by atoms with Crippen molar-refractivity contribution in [2.45, 2.75) is 51.0 Å². The summed E-state index contributed by atoms with van der Waals surface area (Å²) >= 11 is 0. The zero-order valence-electron chi connectivity index (χ0n) is 17.9. The van der Waals surface area contributed by atoms with Gasteiger partial charge in [-0.15, -0.1) is 0 Å². The second-order valence-electron chi connectivity index (χ2n) is 8.51. The number of ether oxygens (including phenoxy) is 1. The third-order valence-electron chi connectivity index (χ3n) is 6.62. The van der Waals surface area contributed by atoms with E-state index in [4.69, 9.17) is 4.74 Å². The molecular weight excluding hydrogens is 400 g/mol. The molecule has 1 amide bonds. The fourth-order valence-corrected chi connectivity index (χ4v) is 4.93. The second-order valence-corrected chi connectivity index (χ2v) is 8.51. The molecule has 0 bridgehead atoms. The quantitative estimate of drug-likeness (QED) is 0.688. The number of pyridine rings is 1. The van der Waals surface area contributed by atoms with Crippen molar-refractivity contribution in [2.75, 3.05) is 31.1 Å². The normalized spacial score (nSPS) is 21.5. The Hall–Kier alpha value is -2.70. The number of carbonyl (C=O) groups excluding carboxylic acids is 1. The lowest BCUT2D eigenvalue weighted by Gasteiger charge is -2.38. The Morgan fingerprint density at radius 1 is 1.10 bits per heavy atom. The maximum Gasteiger partial charge on any atom is 0.280 e. The van der Waals surface area contributed by atoms with Gasteiger partial charge in [0.1, 0.15) is 11.4 Å². The van der Waals surface area contributed by atoms with E-state index in [2.05, 4.69) is 9.88 Å². The van der Waals surface area contributed by atoms with E-state index >= 15 is 0 Å². The molecule has 0 aliphatic carbocycles. The molecule has 0 saturated carbocycles. The van der Waals surface area contributed by atoms with Crippen LogP contribution in [-0.2, 0) is 4.79 Å². The fraction of sp³-hybridized carbons (Fsp3) is 0.500. The van der Waals surface area contributed by atoms with Gasteiger partial charge in [-0.1, -0.05) is 18.2 Å². The van der Waals surface area contributed by atoms with E-state index in [1.807, 2.05) is 36.1 Å². The zero-order valence-corrected chi connectivity index (χ0v) is 17.9. The third kappa shape index (κ3) is 4.65. The minimum atomic E-state index is -2.55. The van der Waals surface area contributed by atoms with Gasteiger partial charge in [0.25, 0.3) is 12.3 Å². The van der Waals surface area contributed by atoms with Gasteiger partial charge in [0, 0.05) is 25.2 Å². The summed E-state index contributed by atoms with van der Waals surface area (Å²) in [4.78, 5) is 21.2. The molecular formula is C24H29F2N3O2. The molecule has 2 saturated heterocycles. The number of para-hydroxylation sites is 1. The molecule has 1 spiro atoms. The molecule has 0 N–H and O–H groups in total. The molecule has 7 heteroatoms. The molecule has 3 heterocycles. The molecule has 1 aromatic carbocycles. The number of rotatable bonds is 5. The van der Waals surface area contributed by atoms with Crippen LogP contribution in [-0.4, -0.2) is 47.6 Å². The van der Waals surface area contributed by atoms with Crippen molar-refractivity contribution in [2.24, 2.45) is 0 Å². The van der Waals surface area contributed by atoms with Crippen LogP contribution in [0, 0.1) is 6.92 Å². The Morgan fingerprint density at radius 3 is 2.58 bits per heavy atom. The molecule has 1 unspecified atom stereocenters. The molecule has 5 nitrogen and oxygen atoms in total. The minimum Gasteiger partial charge on any atom is -0.484 e. The number of halogens is 2. The SMILES string of the molecule is Cc1ccccc1OCC(=O)N1CCCC12CCCN(c1ccc(C(F)F)nc1)CC2. The standard InChI is InChI=1S/C24H29F2N3O2/c1-18-6-2-3-7-21(18)31-17-22(30)29-14-5-11-24(29)10-4-13-28(15-12-24)19-8-9-20(23(25)26)27-16-19/h2-3,6-9,16,23H,4-5,10-15,17H2,1H3. The van der Waals surface area contributed by atoms with Crippen molar-refractivity contribution in [3.63, 3.8) is 0 Å². The van der Waals surface area contributed by atoms with Crippen molar-refractivity contribution in [1.82, 2.24) is 9.88 Å². The largest absolute Gasteiger partial charge is 0.484 e. The van der Waals surface area contributed by atoms with E-state index < -0.39 is 6.43 Å². The van der Waals surface area contributed by atoms with Gasteiger partial charge in [0.15, 0.2) is 6.61 Å². The van der Waals surface area contributed by atoms with E-state index in [9.17, 15) is 13.6 Å². The van der Waals surface area contributed by atoms with Crippen LogP contribution in [0.1, 0.15) is 49.8 Å².